The van der Waals surface area contributed by atoms with Crippen molar-refractivity contribution in [3.63, 3.8) is 0 Å². The number of sulfone groups is 1. The topological polar surface area (TPSA) is 102 Å². The molecule has 1 fully saturated rings. The molecule has 1 aliphatic rings. The fraction of sp³-hybridized carbons (Fsp3) is 0.455. The third-order valence-electron chi connectivity index (χ3n) is 3.04. The number of nitrogen functional groups attached to an aromatic ring is 1. The minimum Gasteiger partial charge on any atom is -0.397 e. The highest BCUT2D eigenvalue weighted by molar-refractivity contribution is 7.91. The zero-order chi connectivity index (χ0) is 14.0. The summed E-state index contributed by atoms with van der Waals surface area (Å²) in [6.07, 6.45) is 2.17. The fourth-order valence-electron chi connectivity index (χ4n) is 1.93. The van der Waals surface area contributed by atoms with Gasteiger partial charge < -0.3 is 11.1 Å². The van der Waals surface area contributed by atoms with Gasteiger partial charge in [0.1, 0.15) is 15.0 Å². The fourth-order valence-corrected chi connectivity index (χ4v) is 3.58. The lowest BCUT2D eigenvalue weighted by Gasteiger charge is -2.23. The number of carbonyl (C=O) groups excluding carboxylic acids is 1. The molecule has 1 amide bonds. The molecule has 8 heteroatoms. The van der Waals surface area contributed by atoms with E-state index in [2.05, 4.69) is 10.3 Å². The molecule has 0 bridgehead atoms. The lowest BCUT2D eigenvalue weighted by atomic mass is 10.1. The molecular weight excluding hydrogens is 290 g/mol. The van der Waals surface area contributed by atoms with Crippen molar-refractivity contribution in [3.8, 4) is 0 Å². The molecule has 3 N–H and O–H groups in total. The van der Waals surface area contributed by atoms with E-state index in [4.69, 9.17) is 17.3 Å². The number of pyridine rings is 1. The first-order chi connectivity index (χ1) is 8.87. The van der Waals surface area contributed by atoms with Gasteiger partial charge in [0.15, 0.2) is 0 Å². The minimum absolute atomic E-state index is 0.102. The van der Waals surface area contributed by atoms with Crippen molar-refractivity contribution in [1.82, 2.24) is 10.3 Å². The van der Waals surface area contributed by atoms with Gasteiger partial charge in [-0.1, -0.05) is 11.6 Å². The van der Waals surface area contributed by atoms with Gasteiger partial charge in [0.05, 0.1) is 29.0 Å². The molecule has 0 radical (unpaired) electrons. The summed E-state index contributed by atoms with van der Waals surface area (Å²) in [7, 11) is -2.94. The Kier molecular flexibility index (Phi) is 3.96. The molecule has 0 spiro atoms. The third kappa shape index (κ3) is 3.57. The molecule has 0 saturated carbocycles. The number of aromatic nitrogens is 1. The Labute approximate surface area is 116 Å². The maximum absolute atomic E-state index is 12.0. The quantitative estimate of drug-likeness (QED) is 0.780. The van der Waals surface area contributed by atoms with Crippen molar-refractivity contribution >= 4 is 33.0 Å². The second kappa shape index (κ2) is 5.34. The smallest absolute Gasteiger partial charge is 0.253 e. The number of nitrogens with two attached hydrogens (primary N) is 1. The normalized spacial score (nSPS) is 19.0. The number of hydrogen-bond acceptors (Lipinski definition) is 5. The van der Waals surface area contributed by atoms with Crippen LogP contribution in [-0.4, -0.2) is 36.9 Å². The van der Waals surface area contributed by atoms with Crippen LogP contribution >= 0.6 is 11.6 Å². The first-order valence-corrected chi connectivity index (χ1v) is 7.99. The van der Waals surface area contributed by atoms with Crippen molar-refractivity contribution in [1.29, 1.82) is 0 Å². The Balaban J connectivity index is 2.04. The van der Waals surface area contributed by atoms with Gasteiger partial charge in [0, 0.05) is 6.04 Å². The molecule has 1 aromatic heterocycles. The van der Waals surface area contributed by atoms with Crippen molar-refractivity contribution in [3.05, 3.63) is 23.0 Å². The van der Waals surface area contributed by atoms with Gasteiger partial charge in [-0.2, -0.15) is 0 Å². The standard InChI is InChI=1S/C11H14ClN3O3S/c12-10-5-8(9(13)6-14-10)11(16)15-7-1-3-19(17,18)4-2-7/h5-7H,1-4,13H2,(H,15,16). The number of rotatable bonds is 2. The molecule has 0 aliphatic carbocycles. The SMILES string of the molecule is Nc1cnc(Cl)cc1C(=O)NC1CCS(=O)(=O)CC1. The Hall–Kier alpha value is -1.34. The summed E-state index contributed by atoms with van der Waals surface area (Å²) >= 11 is 5.72. The van der Waals surface area contributed by atoms with Crippen LogP contribution in [0.3, 0.4) is 0 Å². The van der Waals surface area contributed by atoms with Crippen LogP contribution in [0.15, 0.2) is 12.3 Å². The second-order valence-corrected chi connectivity index (χ2v) is 7.18. The molecule has 0 atom stereocenters. The first kappa shape index (κ1) is 14.1. The van der Waals surface area contributed by atoms with Crippen LogP contribution in [0.2, 0.25) is 5.15 Å². The van der Waals surface area contributed by atoms with Gasteiger partial charge in [0.2, 0.25) is 0 Å². The van der Waals surface area contributed by atoms with Gasteiger partial charge >= 0.3 is 0 Å². The highest BCUT2D eigenvalue weighted by atomic mass is 35.5. The van der Waals surface area contributed by atoms with Crippen molar-refractivity contribution in [2.24, 2.45) is 0 Å². The molecular formula is C11H14ClN3O3S. The maximum atomic E-state index is 12.0. The summed E-state index contributed by atoms with van der Waals surface area (Å²) in [6.45, 7) is 0. The Morgan fingerprint density at radius 1 is 1.42 bits per heavy atom. The molecule has 6 nitrogen and oxygen atoms in total. The lowest BCUT2D eigenvalue weighted by molar-refractivity contribution is 0.0935. The predicted molar refractivity (Wildman–Crippen MR) is 72.8 cm³/mol. The van der Waals surface area contributed by atoms with E-state index < -0.39 is 9.84 Å². The van der Waals surface area contributed by atoms with Crippen LogP contribution in [0.5, 0.6) is 0 Å². The highest BCUT2D eigenvalue weighted by Gasteiger charge is 2.25. The summed E-state index contributed by atoms with van der Waals surface area (Å²) in [5.74, 6) is -0.152. The van der Waals surface area contributed by atoms with Crippen LogP contribution in [0.1, 0.15) is 23.2 Å². The number of anilines is 1. The number of nitrogens with zero attached hydrogens (tertiary/aromatic N) is 1. The van der Waals surface area contributed by atoms with Crippen LogP contribution in [0.25, 0.3) is 0 Å². The molecule has 2 heterocycles. The largest absolute Gasteiger partial charge is 0.397 e. The number of hydrogen-bond donors (Lipinski definition) is 2. The Morgan fingerprint density at radius 3 is 2.68 bits per heavy atom. The van der Waals surface area contributed by atoms with Crippen LogP contribution in [0.4, 0.5) is 5.69 Å². The van der Waals surface area contributed by atoms with Gasteiger partial charge in [-0.3, -0.25) is 4.79 Å². The third-order valence-corrected chi connectivity index (χ3v) is 4.96. The Bertz CT molecular complexity index is 589. The average molecular weight is 304 g/mol. The van der Waals surface area contributed by atoms with Crippen LogP contribution in [-0.2, 0) is 9.84 Å². The molecule has 1 saturated heterocycles. The van der Waals surface area contributed by atoms with Gasteiger partial charge in [-0.05, 0) is 18.9 Å². The van der Waals surface area contributed by atoms with E-state index in [0.717, 1.165) is 0 Å². The van der Waals surface area contributed by atoms with Crippen LogP contribution in [0, 0.1) is 0 Å². The second-order valence-electron chi connectivity index (χ2n) is 4.49. The van der Waals surface area contributed by atoms with E-state index >= 15 is 0 Å². The Morgan fingerprint density at radius 2 is 2.05 bits per heavy atom. The van der Waals surface area contributed by atoms with E-state index in [-0.39, 0.29) is 39.9 Å². The number of halogens is 1. The monoisotopic (exact) mass is 303 g/mol. The predicted octanol–water partition coefficient (Wildman–Crippen LogP) is 0.624. The summed E-state index contributed by atoms with van der Waals surface area (Å²) in [5, 5.41) is 2.96. The summed E-state index contributed by atoms with van der Waals surface area (Å²) < 4.78 is 22.6. The van der Waals surface area contributed by atoms with E-state index in [1.807, 2.05) is 0 Å². The van der Waals surface area contributed by atoms with Crippen molar-refractivity contribution in [2.45, 2.75) is 18.9 Å². The van der Waals surface area contributed by atoms with Crippen molar-refractivity contribution < 1.29 is 13.2 Å². The zero-order valence-corrected chi connectivity index (χ0v) is 11.7. The summed E-state index contributed by atoms with van der Waals surface area (Å²) in [5.41, 5.74) is 6.16. The summed E-state index contributed by atoms with van der Waals surface area (Å²) in [6, 6.07) is 1.24. The van der Waals surface area contributed by atoms with E-state index in [1.54, 1.807) is 0 Å². The molecule has 1 aromatic rings. The molecule has 2 rings (SSSR count). The average Bonchev–Trinajstić information content (AvgIpc) is 2.35. The number of nitrogens with one attached hydrogen (secondary N) is 1. The summed E-state index contributed by atoms with van der Waals surface area (Å²) in [4.78, 5) is 15.8. The van der Waals surface area contributed by atoms with Crippen molar-refractivity contribution in [2.75, 3.05) is 17.2 Å². The minimum atomic E-state index is -2.94. The highest BCUT2D eigenvalue weighted by Crippen LogP contribution is 2.17. The van der Waals surface area contributed by atoms with E-state index in [0.29, 0.717) is 12.8 Å². The lowest BCUT2D eigenvalue weighted by Crippen LogP contribution is -2.41. The zero-order valence-electron chi connectivity index (χ0n) is 10.1. The van der Waals surface area contributed by atoms with Gasteiger partial charge in [-0.25, -0.2) is 13.4 Å². The van der Waals surface area contributed by atoms with E-state index in [1.165, 1.54) is 12.3 Å². The van der Waals surface area contributed by atoms with E-state index in [9.17, 15) is 13.2 Å². The molecule has 1 aliphatic heterocycles. The molecule has 0 unspecified atom stereocenters. The van der Waals surface area contributed by atoms with Crippen LogP contribution < -0.4 is 11.1 Å². The molecule has 0 aromatic carbocycles. The van der Waals surface area contributed by atoms with Gasteiger partial charge in [0.25, 0.3) is 5.91 Å². The number of carbonyl (C=O) groups is 1. The maximum Gasteiger partial charge on any atom is 0.253 e. The first-order valence-electron chi connectivity index (χ1n) is 5.80. The van der Waals surface area contributed by atoms with Gasteiger partial charge in [-0.15, -0.1) is 0 Å². The molecule has 19 heavy (non-hydrogen) atoms. The molecule has 104 valence electrons. The number of amides is 1.